The van der Waals surface area contributed by atoms with Gasteiger partial charge in [0, 0.05) is 17.5 Å². The Hall–Kier alpha value is -1.54. The maximum absolute atomic E-state index is 13.6. The molecule has 1 aliphatic rings. The lowest BCUT2D eigenvalue weighted by molar-refractivity contribution is 0.614. The highest BCUT2D eigenvalue weighted by Crippen LogP contribution is 2.35. The Kier molecular flexibility index (Phi) is 2.96. The Morgan fingerprint density at radius 2 is 2.06 bits per heavy atom. The zero-order valence-electron chi connectivity index (χ0n) is 9.79. The molecule has 1 atom stereocenters. The summed E-state index contributed by atoms with van der Waals surface area (Å²) >= 11 is 5.72. The van der Waals surface area contributed by atoms with Crippen LogP contribution in [0.15, 0.2) is 42.5 Å². The molecule has 0 spiro atoms. The van der Waals surface area contributed by atoms with Crippen molar-refractivity contribution in [2.75, 3.05) is 11.9 Å². The van der Waals surface area contributed by atoms with Crippen LogP contribution in [0.25, 0.3) is 0 Å². The maximum atomic E-state index is 13.6. The van der Waals surface area contributed by atoms with Gasteiger partial charge in [0.05, 0.1) is 5.69 Å². The third-order valence-corrected chi connectivity index (χ3v) is 3.67. The van der Waals surface area contributed by atoms with Crippen molar-refractivity contribution in [1.29, 1.82) is 0 Å². The summed E-state index contributed by atoms with van der Waals surface area (Å²) in [5, 5.41) is 3.57. The van der Waals surface area contributed by atoms with Crippen LogP contribution in [0.2, 0.25) is 5.02 Å². The molecule has 2 aromatic rings. The van der Waals surface area contributed by atoms with E-state index in [4.69, 9.17) is 11.6 Å². The summed E-state index contributed by atoms with van der Waals surface area (Å²) in [4.78, 5) is 0. The van der Waals surface area contributed by atoms with Crippen LogP contribution in [-0.4, -0.2) is 6.54 Å². The number of benzene rings is 2. The minimum absolute atomic E-state index is 0.296. The SMILES string of the molecule is Fc1cc(Cl)ccc1NCC1Cc2ccccc21. The molecule has 1 nitrogen and oxygen atoms in total. The second-order valence-corrected chi connectivity index (χ2v) is 5.04. The fourth-order valence-electron chi connectivity index (χ4n) is 2.41. The van der Waals surface area contributed by atoms with Gasteiger partial charge in [0.2, 0.25) is 0 Å². The van der Waals surface area contributed by atoms with E-state index >= 15 is 0 Å². The molecule has 0 saturated heterocycles. The molecular weight excluding hydrogens is 249 g/mol. The summed E-state index contributed by atoms with van der Waals surface area (Å²) in [7, 11) is 0. The van der Waals surface area contributed by atoms with Crippen molar-refractivity contribution in [1.82, 2.24) is 0 Å². The minimum Gasteiger partial charge on any atom is -0.382 e. The first-order valence-corrected chi connectivity index (χ1v) is 6.38. The number of hydrogen-bond donors (Lipinski definition) is 1. The van der Waals surface area contributed by atoms with E-state index in [1.165, 1.54) is 17.2 Å². The summed E-state index contributed by atoms with van der Waals surface area (Å²) in [6.45, 7) is 0.759. The summed E-state index contributed by atoms with van der Waals surface area (Å²) in [6, 6.07) is 13.1. The summed E-state index contributed by atoms with van der Waals surface area (Å²) in [6.07, 6.45) is 1.07. The number of halogens is 2. The summed E-state index contributed by atoms with van der Waals surface area (Å²) in [5.74, 6) is 0.186. The Bertz CT molecular complexity index is 582. The van der Waals surface area contributed by atoms with Crippen LogP contribution in [0, 0.1) is 5.82 Å². The number of rotatable bonds is 3. The van der Waals surface area contributed by atoms with E-state index in [2.05, 4.69) is 23.5 Å². The Morgan fingerprint density at radius 3 is 2.83 bits per heavy atom. The molecule has 0 aliphatic heterocycles. The molecule has 1 N–H and O–H groups in total. The van der Waals surface area contributed by atoms with E-state index in [1.807, 2.05) is 6.07 Å². The number of hydrogen-bond acceptors (Lipinski definition) is 1. The second kappa shape index (κ2) is 4.62. The van der Waals surface area contributed by atoms with Crippen molar-refractivity contribution in [3.8, 4) is 0 Å². The summed E-state index contributed by atoms with van der Waals surface area (Å²) in [5.41, 5.74) is 3.30. The first kappa shape index (κ1) is 11.5. The van der Waals surface area contributed by atoms with Crippen molar-refractivity contribution in [2.24, 2.45) is 0 Å². The lowest BCUT2D eigenvalue weighted by Gasteiger charge is -2.30. The van der Waals surface area contributed by atoms with Gasteiger partial charge in [-0.1, -0.05) is 35.9 Å². The minimum atomic E-state index is -0.296. The van der Waals surface area contributed by atoms with Gasteiger partial charge in [-0.15, -0.1) is 0 Å². The molecule has 0 fully saturated rings. The average molecular weight is 262 g/mol. The molecule has 0 amide bonds. The van der Waals surface area contributed by atoms with E-state index in [0.29, 0.717) is 16.6 Å². The maximum Gasteiger partial charge on any atom is 0.147 e. The quantitative estimate of drug-likeness (QED) is 0.872. The highest BCUT2D eigenvalue weighted by Gasteiger charge is 2.24. The standard InChI is InChI=1S/C15H13ClFN/c16-12-5-6-15(14(17)8-12)18-9-11-7-10-3-1-2-4-13(10)11/h1-6,8,11,18H,7,9H2. The van der Waals surface area contributed by atoms with Gasteiger partial charge in [-0.25, -0.2) is 4.39 Å². The molecule has 0 bridgehead atoms. The van der Waals surface area contributed by atoms with Crippen LogP contribution in [0.4, 0.5) is 10.1 Å². The van der Waals surface area contributed by atoms with Crippen molar-refractivity contribution in [3.63, 3.8) is 0 Å². The van der Waals surface area contributed by atoms with Gasteiger partial charge in [-0.05, 0) is 35.7 Å². The van der Waals surface area contributed by atoms with E-state index in [9.17, 15) is 4.39 Å². The fraction of sp³-hybridized carbons (Fsp3) is 0.200. The topological polar surface area (TPSA) is 12.0 Å². The highest BCUT2D eigenvalue weighted by molar-refractivity contribution is 6.30. The zero-order chi connectivity index (χ0) is 12.5. The van der Waals surface area contributed by atoms with Crippen LogP contribution in [-0.2, 0) is 6.42 Å². The zero-order valence-corrected chi connectivity index (χ0v) is 10.5. The van der Waals surface area contributed by atoms with Crippen LogP contribution in [0.3, 0.4) is 0 Å². The van der Waals surface area contributed by atoms with Gasteiger partial charge in [0.15, 0.2) is 0 Å². The second-order valence-electron chi connectivity index (χ2n) is 4.60. The Morgan fingerprint density at radius 1 is 1.22 bits per heavy atom. The molecule has 3 rings (SSSR count). The van der Waals surface area contributed by atoms with Gasteiger partial charge >= 0.3 is 0 Å². The molecule has 0 aromatic heterocycles. The number of fused-ring (bicyclic) bond motifs is 1. The highest BCUT2D eigenvalue weighted by atomic mass is 35.5. The number of anilines is 1. The van der Waals surface area contributed by atoms with Gasteiger partial charge in [-0.3, -0.25) is 0 Å². The first-order chi connectivity index (χ1) is 8.74. The van der Waals surface area contributed by atoms with Gasteiger partial charge < -0.3 is 5.32 Å². The van der Waals surface area contributed by atoms with E-state index in [1.54, 1.807) is 12.1 Å². The van der Waals surface area contributed by atoms with Crippen molar-refractivity contribution in [2.45, 2.75) is 12.3 Å². The first-order valence-electron chi connectivity index (χ1n) is 6.01. The normalized spacial score (nSPS) is 16.9. The lowest BCUT2D eigenvalue weighted by atomic mass is 9.77. The van der Waals surface area contributed by atoms with Crippen LogP contribution >= 0.6 is 11.6 Å². The smallest absolute Gasteiger partial charge is 0.147 e. The molecule has 0 radical (unpaired) electrons. The van der Waals surface area contributed by atoms with Crippen molar-refractivity contribution in [3.05, 3.63) is 64.4 Å². The van der Waals surface area contributed by atoms with Crippen molar-refractivity contribution >= 4 is 17.3 Å². The molecule has 92 valence electrons. The molecular formula is C15H13ClFN. The molecule has 0 heterocycles. The molecule has 2 aromatic carbocycles. The molecule has 18 heavy (non-hydrogen) atoms. The third kappa shape index (κ3) is 2.08. The molecule has 0 saturated carbocycles. The van der Waals surface area contributed by atoms with E-state index in [-0.39, 0.29) is 5.82 Å². The average Bonchev–Trinajstić information content (AvgIpc) is 2.33. The summed E-state index contributed by atoms with van der Waals surface area (Å²) < 4.78 is 13.6. The van der Waals surface area contributed by atoms with Gasteiger partial charge in [0.25, 0.3) is 0 Å². The fourth-order valence-corrected chi connectivity index (χ4v) is 2.57. The molecule has 3 heteroatoms. The predicted molar refractivity (Wildman–Crippen MR) is 72.8 cm³/mol. The van der Waals surface area contributed by atoms with Crippen LogP contribution in [0.5, 0.6) is 0 Å². The molecule has 1 aliphatic carbocycles. The monoisotopic (exact) mass is 261 g/mol. The van der Waals surface area contributed by atoms with E-state index < -0.39 is 0 Å². The third-order valence-electron chi connectivity index (χ3n) is 3.43. The Labute approximate surface area is 111 Å². The molecule has 1 unspecified atom stereocenters. The largest absolute Gasteiger partial charge is 0.382 e. The van der Waals surface area contributed by atoms with Gasteiger partial charge in [-0.2, -0.15) is 0 Å². The van der Waals surface area contributed by atoms with Crippen LogP contribution < -0.4 is 5.32 Å². The van der Waals surface area contributed by atoms with E-state index in [0.717, 1.165) is 13.0 Å². The number of nitrogens with one attached hydrogen (secondary N) is 1. The lowest BCUT2D eigenvalue weighted by Crippen LogP contribution is -2.24. The van der Waals surface area contributed by atoms with Crippen molar-refractivity contribution < 1.29 is 4.39 Å². The van der Waals surface area contributed by atoms with Crippen LogP contribution in [0.1, 0.15) is 17.0 Å². The predicted octanol–water partition coefficient (Wildman–Crippen LogP) is 4.23. The van der Waals surface area contributed by atoms with Gasteiger partial charge in [0.1, 0.15) is 5.82 Å². The Balaban J connectivity index is 1.66.